The van der Waals surface area contributed by atoms with Crippen LogP contribution >= 0.6 is 0 Å². The molecule has 3 N–H and O–H groups in total. The number of hydrogen-bond donors (Lipinski definition) is 3. The topological polar surface area (TPSA) is 138 Å². The van der Waals surface area contributed by atoms with E-state index in [1.807, 2.05) is 6.92 Å². The number of aliphatic carboxylic acids is 1. The van der Waals surface area contributed by atoms with E-state index in [4.69, 9.17) is 9.47 Å². The number of anilines is 1. The van der Waals surface area contributed by atoms with E-state index in [9.17, 15) is 24.8 Å². The molecule has 2 aromatic carbocycles. The lowest BCUT2D eigenvalue weighted by Crippen LogP contribution is -2.36. The third-order valence-corrected chi connectivity index (χ3v) is 6.81. The summed E-state index contributed by atoms with van der Waals surface area (Å²) in [6, 6.07) is 10.1. The molecule has 9 nitrogen and oxygen atoms in total. The van der Waals surface area contributed by atoms with Crippen molar-refractivity contribution >= 4 is 23.5 Å². The second-order valence-corrected chi connectivity index (χ2v) is 9.68. The summed E-state index contributed by atoms with van der Waals surface area (Å²) in [6.45, 7) is 7.63. The number of carboxylic acid groups (broad SMARTS) is 1. The van der Waals surface area contributed by atoms with Crippen LogP contribution in [0.25, 0.3) is 0 Å². The maximum absolute atomic E-state index is 13.4. The predicted octanol–water partition coefficient (Wildman–Crippen LogP) is 4.85. The summed E-state index contributed by atoms with van der Waals surface area (Å²) in [5, 5.41) is 24.8. The molecule has 0 heterocycles. The molecule has 0 aliphatic heterocycles. The van der Waals surface area contributed by atoms with Crippen LogP contribution < -0.4 is 20.1 Å². The van der Waals surface area contributed by atoms with E-state index < -0.39 is 17.3 Å². The number of rotatable bonds is 10. The van der Waals surface area contributed by atoms with Crippen molar-refractivity contribution in [2.24, 2.45) is 5.41 Å². The number of nitrogens with zero attached hydrogens (tertiary/aromatic N) is 1. The number of carbonyl (C=O) groups excluding carboxylic acids is 2. The summed E-state index contributed by atoms with van der Waals surface area (Å²) in [5.74, 6) is -1.30. The van der Waals surface area contributed by atoms with Crippen LogP contribution in [0.15, 0.2) is 43.0 Å². The maximum Gasteiger partial charge on any atom is 0.309 e. The molecule has 2 aromatic rings. The first kappa shape index (κ1) is 28.3. The van der Waals surface area contributed by atoms with E-state index in [2.05, 4.69) is 23.3 Å². The fraction of sp³-hybridized carbons (Fsp3) is 0.379. The molecule has 38 heavy (non-hydrogen) atoms. The highest BCUT2D eigenvalue weighted by Gasteiger charge is 2.38. The first-order valence-corrected chi connectivity index (χ1v) is 12.4. The summed E-state index contributed by atoms with van der Waals surface area (Å²) in [7, 11) is 1.40. The summed E-state index contributed by atoms with van der Waals surface area (Å²) < 4.78 is 11.5. The molecule has 0 spiro atoms. The van der Waals surface area contributed by atoms with Crippen molar-refractivity contribution in [1.29, 1.82) is 5.26 Å². The molecule has 1 fully saturated rings. The Balaban J connectivity index is 1.87. The van der Waals surface area contributed by atoms with E-state index in [1.165, 1.54) is 19.2 Å². The minimum absolute atomic E-state index is 0.132. The number of nitrogens with one attached hydrogen (secondary N) is 2. The number of carboxylic acids is 1. The van der Waals surface area contributed by atoms with Gasteiger partial charge in [0.15, 0.2) is 0 Å². The van der Waals surface area contributed by atoms with Crippen molar-refractivity contribution in [3.63, 3.8) is 0 Å². The van der Waals surface area contributed by atoms with Crippen molar-refractivity contribution in [3.05, 3.63) is 65.2 Å². The van der Waals surface area contributed by atoms with Crippen molar-refractivity contribution in [1.82, 2.24) is 5.32 Å². The largest absolute Gasteiger partial charge is 0.496 e. The highest BCUT2D eigenvalue weighted by molar-refractivity contribution is 6.10. The lowest BCUT2D eigenvalue weighted by molar-refractivity contribution is -0.150. The van der Waals surface area contributed by atoms with E-state index in [-0.39, 0.29) is 34.6 Å². The molecule has 9 heteroatoms. The van der Waals surface area contributed by atoms with Gasteiger partial charge < -0.3 is 25.2 Å². The van der Waals surface area contributed by atoms with Crippen LogP contribution in [0, 0.1) is 23.7 Å². The minimum atomic E-state index is -0.832. The van der Waals surface area contributed by atoms with Crippen molar-refractivity contribution in [3.8, 4) is 17.6 Å². The lowest BCUT2D eigenvalue weighted by Gasteiger charge is -2.34. The van der Waals surface area contributed by atoms with Crippen LogP contribution in [0.2, 0.25) is 0 Å². The van der Waals surface area contributed by atoms with Gasteiger partial charge in [0.1, 0.15) is 17.6 Å². The molecule has 1 aliphatic carbocycles. The monoisotopic (exact) mass is 519 g/mol. The van der Waals surface area contributed by atoms with Gasteiger partial charge in [0.25, 0.3) is 11.8 Å². The second kappa shape index (κ2) is 12.3. The number of aryl methyl sites for hydroxylation is 1. The van der Waals surface area contributed by atoms with Gasteiger partial charge in [-0.15, -0.1) is 6.58 Å². The smallest absolute Gasteiger partial charge is 0.309 e. The van der Waals surface area contributed by atoms with Crippen molar-refractivity contribution in [2.45, 2.75) is 52.1 Å². The summed E-state index contributed by atoms with van der Waals surface area (Å²) in [5.41, 5.74) is 1.02. The Morgan fingerprint density at radius 1 is 1.16 bits per heavy atom. The first-order chi connectivity index (χ1) is 18.1. The van der Waals surface area contributed by atoms with Crippen LogP contribution in [0.1, 0.15) is 70.9 Å². The van der Waals surface area contributed by atoms with E-state index >= 15 is 0 Å². The summed E-state index contributed by atoms with van der Waals surface area (Å²) in [4.78, 5) is 37.7. The SMILES string of the molecule is C=CCCNC(=O)c1ccc(C)cc1NC(=O)c1cc(O[C@H]2CC[C@@](C)(C(=O)O)CC2)c(C#N)cc1OC. The Kier molecular flexibility index (Phi) is 9.13. The van der Waals surface area contributed by atoms with Gasteiger partial charge in [-0.05, 0) is 69.7 Å². The molecule has 0 atom stereocenters. The molecule has 200 valence electrons. The maximum atomic E-state index is 13.4. The van der Waals surface area contributed by atoms with Gasteiger partial charge >= 0.3 is 5.97 Å². The zero-order valence-electron chi connectivity index (χ0n) is 21.9. The zero-order chi connectivity index (χ0) is 27.9. The van der Waals surface area contributed by atoms with Gasteiger partial charge in [0, 0.05) is 12.6 Å². The standard InChI is InChI=1S/C29H33N3O6/c1-5-6-13-31-26(33)21-8-7-18(2)14-23(21)32-27(34)22-16-24(19(17-30)15-25(22)37-4)38-20-9-11-29(3,12-10-20)28(35)36/h5,7-8,14-16,20H,1,6,9-13H2,2-4H3,(H,31,33)(H,32,34)(H,35,36)/t20-,29+. The molecule has 2 amide bonds. The number of benzene rings is 2. The Morgan fingerprint density at radius 3 is 2.47 bits per heavy atom. The number of hydrogen-bond acceptors (Lipinski definition) is 6. The lowest BCUT2D eigenvalue weighted by atomic mass is 9.75. The quantitative estimate of drug-likeness (QED) is 0.301. The Hall–Kier alpha value is -4.32. The molecule has 3 rings (SSSR count). The van der Waals surface area contributed by atoms with E-state index in [0.29, 0.717) is 49.9 Å². The Labute approximate surface area is 222 Å². The second-order valence-electron chi connectivity index (χ2n) is 9.68. The minimum Gasteiger partial charge on any atom is -0.496 e. The number of ether oxygens (including phenoxy) is 2. The highest BCUT2D eigenvalue weighted by Crippen LogP contribution is 2.39. The molecule has 1 saturated carbocycles. The summed E-state index contributed by atoms with van der Waals surface area (Å²) in [6.07, 6.45) is 3.94. The molecular weight excluding hydrogens is 486 g/mol. The van der Waals surface area contributed by atoms with Crippen molar-refractivity contribution in [2.75, 3.05) is 19.0 Å². The third-order valence-electron chi connectivity index (χ3n) is 6.81. The average molecular weight is 520 g/mol. The fourth-order valence-corrected chi connectivity index (χ4v) is 4.36. The fourth-order valence-electron chi connectivity index (χ4n) is 4.36. The van der Waals surface area contributed by atoms with E-state index in [1.54, 1.807) is 31.2 Å². The van der Waals surface area contributed by atoms with Gasteiger partial charge in [0.05, 0.1) is 41.0 Å². The van der Waals surface area contributed by atoms with E-state index in [0.717, 1.165) is 5.56 Å². The Morgan fingerprint density at radius 2 is 1.87 bits per heavy atom. The molecule has 0 radical (unpaired) electrons. The first-order valence-electron chi connectivity index (χ1n) is 12.4. The molecule has 1 aliphatic rings. The number of amides is 2. The molecule has 0 saturated heterocycles. The van der Waals surface area contributed by atoms with Gasteiger partial charge in [-0.3, -0.25) is 14.4 Å². The summed E-state index contributed by atoms with van der Waals surface area (Å²) >= 11 is 0. The third kappa shape index (κ3) is 6.51. The zero-order valence-corrected chi connectivity index (χ0v) is 21.9. The van der Waals surface area contributed by atoms with Crippen molar-refractivity contribution < 1.29 is 29.0 Å². The van der Waals surface area contributed by atoms with Crippen LogP contribution in [0.5, 0.6) is 11.5 Å². The number of carbonyl (C=O) groups is 3. The van der Waals surface area contributed by atoms with Crippen LogP contribution in [-0.4, -0.2) is 42.6 Å². The van der Waals surface area contributed by atoms with Gasteiger partial charge in [-0.25, -0.2) is 0 Å². The molecule has 0 aromatic heterocycles. The number of nitriles is 1. The van der Waals surface area contributed by atoms with Crippen LogP contribution in [-0.2, 0) is 4.79 Å². The average Bonchev–Trinajstić information content (AvgIpc) is 2.89. The predicted molar refractivity (Wildman–Crippen MR) is 143 cm³/mol. The van der Waals surface area contributed by atoms with Gasteiger partial charge in [-0.2, -0.15) is 5.26 Å². The molecular formula is C29H33N3O6. The normalized spacial score (nSPS) is 18.5. The Bertz CT molecular complexity index is 1270. The van der Waals surface area contributed by atoms with Crippen LogP contribution in [0.4, 0.5) is 5.69 Å². The molecule has 0 unspecified atom stereocenters. The number of methoxy groups -OCH3 is 1. The van der Waals surface area contributed by atoms with Crippen LogP contribution in [0.3, 0.4) is 0 Å². The van der Waals surface area contributed by atoms with Gasteiger partial charge in [0.2, 0.25) is 0 Å². The molecule has 0 bridgehead atoms. The highest BCUT2D eigenvalue weighted by atomic mass is 16.5. The van der Waals surface area contributed by atoms with Gasteiger partial charge in [-0.1, -0.05) is 12.1 Å².